The lowest BCUT2D eigenvalue weighted by molar-refractivity contribution is -0.134. The fourth-order valence-electron chi connectivity index (χ4n) is 1.96. The average Bonchev–Trinajstić information content (AvgIpc) is 2.76. The van der Waals surface area contributed by atoms with Crippen molar-refractivity contribution in [1.82, 2.24) is 5.32 Å². The zero-order valence-electron chi connectivity index (χ0n) is 10.2. The van der Waals surface area contributed by atoms with Crippen LogP contribution in [0.5, 0.6) is 5.75 Å². The van der Waals surface area contributed by atoms with E-state index >= 15 is 0 Å². The van der Waals surface area contributed by atoms with Crippen molar-refractivity contribution in [3.8, 4) is 5.75 Å². The van der Waals surface area contributed by atoms with Crippen LogP contribution >= 0.6 is 0 Å². The van der Waals surface area contributed by atoms with Crippen LogP contribution in [-0.2, 0) is 11.2 Å². The Morgan fingerprint density at radius 1 is 1.41 bits per heavy atom. The average molecular weight is 232 g/mol. The first-order valence-corrected chi connectivity index (χ1v) is 6.30. The molecule has 3 nitrogen and oxygen atoms in total. The second-order valence-electron chi connectivity index (χ2n) is 4.35. The van der Waals surface area contributed by atoms with Gasteiger partial charge in [-0.2, -0.15) is 0 Å². The van der Waals surface area contributed by atoms with E-state index in [0.29, 0.717) is 12.2 Å². The molecule has 0 saturated heterocycles. The van der Waals surface area contributed by atoms with Gasteiger partial charge in [0.2, 0.25) is 0 Å². The van der Waals surface area contributed by atoms with Crippen molar-refractivity contribution >= 4 is 11.7 Å². The van der Waals surface area contributed by atoms with Gasteiger partial charge in [0.25, 0.3) is 0 Å². The second-order valence-corrected chi connectivity index (χ2v) is 4.35. The maximum absolute atomic E-state index is 11.5. The summed E-state index contributed by atoms with van der Waals surface area (Å²) in [5.41, 5.74) is 2.22. The normalized spacial score (nSPS) is 13.0. The largest absolute Gasteiger partial charge is 0.426 e. The van der Waals surface area contributed by atoms with Crippen molar-refractivity contribution in [3.05, 3.63) is 23.8 Å². The Labute approximate surface area is 102 Å². The number of unbranched alkanes of at least 4 members (excludes halogenated alkanes) is 2. The summed E-state index contributed by atoms with van der Waals surface area (Å²) >= 11 is 0. The van der Waals surface area contributed by atoms with Crippen molar-refractivity contribution in [2.24, 2.45) is 0 Å². The first-order valence-electron chi connectivity index (χ1n) is 6.30. The molecule has 0 N–H and O–H groups in total. The van der Waals surface area contributed by atoms with Crippen LogP contribution in [-0.4, -0.2) is 12.5 Å². The molecule has 1 radical (unpaired) electrons. The van der Waals surface area contributed by atoms with Gasteiger partial charge < -0.3 is 4.74 Å². The molecule has 1 aliphatic heterocycles. The highest BCUT2D eigenvalue weighted by Gasteiger charge is 2.13. The molecule has 1 aromatic carbocycles. The zero-order valence-corrected chi connectivity index (χ0v) is 10.2. The summed E-state index contributed by atoms with van der Waals surface area (Å²) in [5.74, 6) is 0.479. The van der Waals surface area contributed by atoms with E-state index in [0.717, 1.165) is 37.9 Å². The minimum atomic E-state index is -0.142. The molecule has 0 amide bonds. The molecule has 0 saturated carbocycles. The topological polar surface area (TPSA) is 40.4 Å². The van der Waals surface area contributed by atoms with Crippen molar-refractivity contribution < 1.29 is 9.53 Å². The van der Waals surface area contributed by atoms with Crippen LogP contribution in [0.2, 0.25) is 0 Å². The molecule has 0 atom stereocenters. The third-order valence-corrected chi connectivity index (χ3v) is 2.94. The van der Waals surface area contributed by atoms with Crippen molar-refractivity contribution in [2.45, 2.75) is 39.0 Å². The highest BCUT2D eigenvalue weighted by molar-refractivity contribution is 5.72. The number of fused-ring (bicyclic) bond motifs is 1. The van der Waals surface area contributed by atoms with Gasteiger partial charge in [0.15, 0.2) is 0 Å². The third-order valence-electron chi connectivity index (χ3n) is 2.94. The molecule has 0 bridgehead atoms. The zero-order chi connectivity index (χ0) is 12.1. The van der Waals surface area contributed by atoms with E-state index in [-0.39, 0.29) is 5.97 Å². The molecule has 0 aliphatic carbocycles. The molecule has 0 spiro atoms. The van der Waals surface area contributed by atoms with Crippen molar-refractivity contribution in [2.75, 3.05) is 6.54 Å². The van der Waals surface area contributed by atoms with Gasteiger partial charge in [-0.25, -0.2) is 0 Å². The van der Waals surface area contributed by atoms with Crippen LogP contribution in [0.15, 0.2) is 18.2 Å². The number of hydrogen-bond acceptors (Lipinski definition) is 2. The van der Waals surface area contributed by atoms with Crippen LogP contribution in [0, 0.1) is 0 Å². The maximum atomic E-state index is 11.5. The number of carbonyl (C=O) groups excluding carboxylic acids is 1. The quantitative estimate of drug-likeness (QED) is 0.445. The molecule has 17 heavy (non-hydrogen) atoms. The lowest BCUT2D eigenvalue weighted by Crippen LogP contribution is -2.07. The van der Waals surface area contributed by atoms with Gasteiger partial charge in [-0.3, -0.25) is 10.1 Å². The first-order chi connectivity index (χ1) is 8.29. The Hall–Kier alpha value is -1.51. The van der Waals surface area contributed by atoms with Gasteiger partial charge in [0.05, 0.1) is 5.69 Å². The molecule has 0 unspecified atom stereocenters. The van der Waals surface area contributed by atoms with Gasteiger partial charge in [-0.1, -0.05) is 25.8 Å². The van der Waals surface area contributed by atoms with Crippen molar-refractivity contribution in [1.29, 1.82) is 0 Å². The van der Waals surface area contributed by atoms with E-state index in [2.05, 4.69) is 12.2 Å². The molecule has 3 heteroatoms. The van der Waals surface area contributed by atoms with E-state index in [9.17, 15) is 4.79 Å². The van der Waals surface area contributed by atoms with E-state index in [1.54, 1.807) is 0 Å². The van der Waals surface area contributed by atoms with Crippen molar-refractivity contribution in [3.63, 3.8) is 0 Å². The Bertz CT molecular complexity index is 401. The van der Waals surface area contributed by atoms with Crippen LogP contribution in [0.3, 0.4) is 0 Å². The van der Waals surface area contributed by atoms with Gasteiger partial charge in [-0.05, 0) is 24.5 Å². The predicted molar refractivity (Wildman–Crippen MR) is 66.6 cm³/mol. The van der Waals surface area contributed by atoms with E-state index in [1.807, 2.05) is 18.2 Å². The number of nitrogens with zero attached hydrogens (tertiary/aromatic N) is 1. The molecular formula is C14H18NO2. The highest BCUT2D eigenvalue weighted by Crippen LogP contribution is 2.27. The number of benzene rings is 1. The minimum Gasteiger partial charge on any atom is -0.426 e. The monoisotopic (exact) mass is 232 g/mol. The number of esters is 1. The van der Waals surface area contributed by atoms with Gasteiger partial charge in [0, 0.05) is 19.0 Å². The minimum absolute atomic E-state index is 0.142. The summed E-state index contributed by atoms with van der Waals surface area (Å²) in [6, 6.07) is 5.72. The molecule has 91 valence electrons. The number of carbonyl (C=O) groups is 1. The molecule has 1 heterocycles. The number of rotatable bonds is 5. The van der Waals surface area contributed by atoms with E-state index < -0.39 is 0 Å². The third kappa shape index (κ3) is 3.22. The van der Waals surface area contributed by atoms with Crippen LogP contribution < -0.4 is 10.1 Å². The summed E-state index contributed by atoms with van der Waals surface area (Å²) in [7, 11) is 0. The van der Waals surface area contributed by atoms with Gasteiger partial charge in [-0.15, -0.1) is 0 Å². The summed E-state index contributed by atoms with van der Waals surface area (Å²) < 4.78 is 5.29. The summed E-state index contributed by atoms with van der Waals surface area (Å²) in [6.45, 7) is 2.97. The fourth-order valence-corrected chi connectivity index (χ4v) is 1.96. The first kappa shape index (κ1) is 12.0. The standard InChI is InChI=1S/C14H18NO2/c1-2-3-4-5-14(16)17-12-7-6-11-8-9-15-13(11)10-12/h6-7,10H,2-5,8-9H2,1H3. The van der Waals surface area contributed by atoms with E-state index in [4.69, 9.17) is 4.74 Å². The smallest absolute Gasteiger partial charge is 0.311 e. The lowest BCUT2D eigenvalue weighted by atomic mass is 10.1. The molecule has 1 aromatic rings. The predicted octanol–water partition coefficient (Wildman–Crippen LogP) is 2.96. The van der Waals surface area contributed by atoms with Crippen LogP contribution in [0.25, 0.3) is 0 Å². The summed E-state index contributed by atoms with van der Waals surface area (Å²) in [6.07, 6.45) is 4.60. The molecule has 1 aliphatic rings. The Balaban J connectivity index is 1.88. The van der Waals surface area contributed by atoms with Gasteiger partial charge in [0.1, 0.15) is 5.75 Å². The summed E-state index contributed by atoms with van der Waals surface area (Å²) in [4.78, 5) is 11.5. The van der Waals surface area contributed by atoms with E-state index in [1.165, 1.54) is 5.56 Å². The lowest BCUT2D eigenvalue weighted by Gasteiger charge is -2.05. The van der Waals surface area contributed by atoms with Gasteiger partial charge >= 0.3 is 5.97 Å². The molecule has 0 aromatic heterocycles. The Morgan fingerprint density at radius 3 is 3.12 bits per heavy atom. The maximum Gasteiger partial charge on any atom is 0.311 e. The number of ether oxygens (including phenoxy) is 1. The SMILES string of the molecule is CCCCCC(=O)Oc1ccc2c(c1)[N]CC2. The Kier molecular flexibility index (Phi) is 4.02. The summed E-state index contributed by atoms with van der Waals surface area (Å²) in [5, 5.41) is 4.35. The second kappa shape index (κ2) is 5.71. The molecule has 2 rings (SSSR count). The molecule has 0 fully saturated rings. The molecular weight excluding hydrogens is 214 g/mol. The Morgan fingerprint density at radius 2 is 2.29 bits per heavy atom. The highest BCUT2D eigenvalue weighted by atomic mass is 16.5. The van der Waals surface area contributed by atoms with Crippen LogP contribution in [0.1, 0.15) is 38.2 Å². The number of hydrogen-bond donors (Lipinski definition) is 0. The fraction of sp³-hybridized carbons (Fsp3) is 0.500. The van der Waals surface area contributed by atoms with Crippen LogP contribution in [0.4, 0.5) is 5.69 Å².